The van der Waals surface area contributed by atoms with Crippen molar-refractivity contribution in [2.45, 2.75) is 468 Å². The van der Waals surface area contributed by atoms with E-state index < -0.39 is 0 Å². The van der Waals surface area contributed by atoms with E-state index in [-0.39, 0.29) is 22.3 Å². The highest BCUT2D eigenvalue weighted by molar-refractivity contribution is 5.01. The molecule has 94 heavy (non-hydrogen) atoms. The summed E-state index contributed by atoms with van der Waals surface area (Å²) in [6, 6.07) is 12.0. The Morgan fingerprint density at radius 1 is 0.372 bits per heavy atom. The minimum absolute atomic E-state index is 0. The van der Waals surface area contributed by atoms with Gasteiger partial charge in [0, 0.05) is 11.1 Å². The second-order valence-electron chi connectivity index (χ2n) is 41.2. The van der Waals surface area contributed by atoms with Crippen LogP contribution < -0.4 is 0 Å². The summed E-state index contributed by atoms with van der Waals surface area (Å²) >= 11 is 0. The standard InChI is InChI=1S/2C16H34.C14H29N.C11H22.C11H24.C10H20.C6H6.C6H14.3CH4/c1-13(2)11-12-14(3)9-8-10-15(4)16(5,6)7;1-13(2)9-8-10-14(3)11-12-15(4)16(5,6)7;1-12(2,3)11-9-13(4,5)15(8)14(6,7)10-11;1-11(2,3)9-10-7-5-4-6-8-10;1-5-6-7-8-9-10-11(2,3)4;1-10(2,3)8-9-6-4-5-7-9;1-2-4-6-5-3-1;1-5-6(2,3)4;;;/h2*13-15H,8-12H2,1-7H3;11H,9-10H2,1-8H3;10H,4-9H2,1-3H3;5-10H2,1-4H3;9H,4-8H2,1-3H3;1-6H;5H2,1-4H3;3*1H4. The zero-order valence-electron chi connectivity index (χ0n) is 70.8. The van der Waals surface area contributed by atoms with Crippen molar-refractivity contribution in [3.05, 3.63) is 36.4 Å². The van der Waals surface area contributed by atoms with E-state index >= 15 is 0 Å². The number of unbranched alkanes of at least 4 members (excludes halogenated alkanes) is 4. The molecule has 1 saturated heterocycles. The topological polar surface area (TPSA) is 3.24 Å². The largest absolute Gasteiger partial charge is 0.296 e. The molecule has 3 fully saturated rings. The van der Waals surface area contributed by atoms with Crippen LogP contribution in [0.1, 0.15) is 457 Å². The summed E-state index contributed by atoms with van der Waals surface area (Å²) < 4.78 is 0. The lowest BCUT2D eigenvalue weighted by atomic mass is 9.65. The van der Waals surface area contributed by atoms with Gasteiger partial charge in [-0.1, -0.05) is 427 Å². The smallest absolute Gasteiger partial charge is 0.0158 e. The highest BCUT2D eigenvalue weighted by Crippen LogP contribution is 2.47. The molecule has 1 heterocycles. The molecular formula is C93H195N. The van der Waals surface area contributed by atoms with Gasteiger partial charge in [0.15, 0.2) is 0 Å². The van der Waals surface area contributed by atoms with E-state index in [1.165, 1.54) is 193 Å². The third-order valence-corrected chi connectivity index (χ3v) is 21.4. The number of benzene rings is 1. The van der Waals surface area contributed by atoms with Crippen LogP contribution in [-0.2, 0) is 0 Å². The van der Waals surface area contributed by atoms with Crippen molar-refractivity contribution in [1.29, 1.82) is 0 Å². The number of hydrogen-bond donors (Lipinski definition) is 0. The van der Waals surface area contributed by atoms with Crippen LogP contribution in [0.4, 0.5) is 0 Å². The molecule has 1 aliphatic heterocycles. The summed E-state index contributed by atoms with van der Waals surface area (Å²) in [6.45, 7) is 82.1. The van der Waals surface area contributed by atoms with E-state index in [2.05, 4.69) is 254 Å². The first kappa shape index (κ1) is 107. The predicted octanol–water partition coefficient (Wildman–Crippen LogP) is 33.8. The fourth-order valence-corrected chi connectivity index (χ4v) is 12.9. The molecule has 0 N–H and O–H groups in total. The average molecular weight is 1330 g/mol. The van der Waals surface area contributed by atoms with Crippen LogP contribution >= 0.6 is 0 Å². The molecule has 0 bridgehead atoms. The average Bonchev–Trinajstić information content (AvgIpc) is 0.829. The summed E-state index contributed by atoms with van der Waals surface area (Å²) in [7, 11) is 2.28. The molecule has 0 aromatic heterocycles. The molecule has 4 unspecified atom stereocenters. The first-order valence-corrected chi connectivity index (χ1v) is 39.9. The van der Waals surface area contributed by atoms with Crippen molar-refractivity contribution in [3.8, 4) is 0 Å². The van der Waals surface area contributed by atoms with Crippen LogP contribution in [0.25, 0.3) is 0 Å². The predicted molar refractivity (Wildman–Crippen MR) is 445 cm³/mol. The molecule has 1 aromatic rings. The Labute approximate surface area is 604 Å². The highest BCUT2D eigenvalue weighted by Gasteiger charge is 2.46. The molecule has 3 aliphatic rings. The third kappa shape index (κ3) is 69.7. The SMILES string of the molecule is C.C.C.CC(C)(C)CC1CCCC1.CC(C)(C)CC1CCCCC1.CC(C)CCC(C)CCCC(C)C(C)(C)C.CC(C)CCCC(C)CCC(C)C(C)(C)C.CCC(C)(C)C.CCCCCCCC(C)(C)C.CN1C(C)(C)CC(C(C)(C)C)CC1(C)C.c1ccccc1. The molecule has 1 aromatic carbocycles. The van der Waals surface area contributed by atoms with Gasteiger partial charge in [0.2, 0.25) is 0 Å². The van der Waals surface area contributed by atoms with Gasteiger partial charge in [0.25, 0.3) is 0 Å². The summed E-state index contributed by atoms with van der Waals surface area (Å²) in [5, 5.41) is 0. The first-order chi connectivity index (χ1) is 41.2. The summed E-state index contributed by atoms with van der Waals surface area (Å²) in [6.07, 6.45) is 42.8. The second-order valence-corrected chi connectivity index (χ2v) is 41.2. The van der Waals surface area contributed by atoms with Crippen LogP contribution in [0, 0.1) is 91.2 Å². The lowest BCUT2D eigenvalue weighted by Gasteiger charge is -2.56. The van der Waals surface area contributed by atoms with Crippen LogP contribution in [0.15, 0.2) is 36.4 Å². The van der Waals surface area contributed by atoms with Gasteiger partial charge in [-0.3, -0.25) is 4.90 Å². The van der Waals surface area contributed by atoms with Gasteiger partial charge >= 0.3 is 0 Å². The zero-order chi connectivity index (χ0) is 71.7. The van der Waals surface area contributed by atoms with Gasteiger partial charge in [0.1, 0.15) is 0 Å². The fraction of sp³-hybridized carbons (Fsp3) is 0.935. The minimum atomic E-state index is 0. The maximum absolute atomic E-state index is 2.56. The quantitative estimate of drug-likeness (QED) is 0.111. The van der Waals surface area contributed by atoms with Crippen molar-refractivity contribution < 1.29 is 0 Å². The van der Waals surface area contributed by atoms with Crippen molar-refractivity contribution >= 4 is 0 Å². The van der Waals surface area contributed by atoms with E-state index in [0.29, 0.717) is 49.0 Å². The zero-order valence-corrected chi connectivity index (χ0v) is 70.8. The number of piperidine rings is 1. The van der Waals surface area contributed by atoms with E-state index in [1.54, 1.807) is 0 Å². The van der Waals surface area contributed by atoms with Crippen molar-refractivity contribution in [2.24, 2.45) is 91.2 Å². The Hall–Kier alpha value is -0.820. The minimum Gasteiger partial charge on any atom is -0.296 e. The highest BCUT2D eigenvalue weighted by atomic mass is 15.2. The molecular weight excluding hydrogens is 1130 g/mol. The normalized spacial score (nSPS) is 17.7. The second kappa shape index (κ2) is 54.0. The molecule has 2 aliphatic carbocycles. The van der Waals surface area contributed by atoms with Crippen molar-refractivity contribution in [1.82, 2.24) is 4.90 Å². The molecule has 0 spiro atoms. The number of rotatable bonds is 21. The van der Waals surface area contributed by atoms with E-state index in [0.717, 1.165) is 53.3 Å². The molecule has 0 radical (unpaired) electrons. The van der Waals surface area contributed by atoms with E-state index in [9.17, 15) is 0 Å². The Bertz CT molecular complexity index is 1670. The molecule has 0 amide bonds. The van der Waals surface area contributed by atoms with Gasteiger partial charge in [0.05, 0.1) is 0 Å². The van der Waals surface area contributed by atoms with Gasteiger partial charge < -0.3 is 0 Å². The van der Waals surface area contributed by atoms with Crippen LogP contribution in [0.2, 0.25) is 0 Å². The Kier molecular flexibility index (Phi) is 61.2. The lowest BCUT2D eigenvalue weighted by Crippen LogP contribution is -2.60. The Balaban J connectivity index is -0.000000186. The summed E-state index contributed by atoms with van der Waals surface area (Å²) in [5.74, 6) is 8.22. The fourth-order valence-electron chi connectivity index (χ4n) is 12.9. The van der Waals surface area contributed by atoms with Crippen molar-refractivity contribution in [2.75, 3.05) is 7.05 Å². The Morgan fingerprint density at radius 3 is 0.989 bits per heavy atom. The number of nitrogens with zero attached hydrogens (tertiary/aromatic N) is 1. The van der Waals surface area contributed by atoms with Crippen LogP contribution in [0.5, 0.6) is 0 Å². The van der Waals surface area contributed by atoms with Crippen LogP contribution in [0.3, 0.4) is 0 Å². The molecule has 2 saturated carbocycles. The van der Waals surface area contributed by atoms with Gasteiger partial charge in [-0.05, 0) is 164 Å². The third-order valence-electron chi connectivity index (χ3n) is 21.4. The monoisotopic (exact) mass is 1330 g/mol. The van der Waals surface area contributed by atoms with E-state index in [4.69, 9.17) is 0 Å². The molecule has 572 valence electrons. The molecule has 1 nitrogen and oxygen atoms in total. The van der Waals surface area contributed by atoms with Crippen molar-refractivity contribution in [3.63, 3.8) is 0 Å². The van der Waals surface area contributed by atoms with Gasteiger partial charge in [-0.15, -0.1) is 0 Å². The Morgan fingerprint density at radius 2 is 0.691 bits per heavy atom. The summed E-state index contributed by atoms with van der Waals surface area (Å²) in [5.41, 5.74) is 4.29. The van der Waals surface area contributed by atoms with E-state index in [1.807, 2.05) is 36.4 Å². The van der Waals surface area contributed by atoms with Gasteiger partial charge in [-0.2, -0.15) is 0 Å². The van der Waals surface area contributed by atoms with Gasteiger partial charge in [-0.25, -0.2) is 0 Å². The molecule has 4 rings (SSSR count). The molecule has 4 atom stereocenters. The summed E-state index contributed by atoms with van der Waals surface area (Å²) in [4.78, 5) is 2.56. The number of hydrogen-bond acceptors (Lipinski definition) is 1. The maximum atomic E-state index is 2.56. The number of likely N-dealkylation sites (tertiary alicyclic amines) is 1. The molecule has 1 heteroatoms. The van der Waals surface area contributed by atoms with Crippen LogP contribution in [-0.4, -0.2) is 23.0 Å². The lowest BCUT2D eigenvalue weighted by molar-refractivity contribution is -0.0565. The first-order valence-electron chi connectivity index (χ1n) is 39.9. The maximum Gasteiger partial charge on any atom is 0.0158 e.